The van der Waals surface area contributed by atoms with Gasteiger partial charge in [0.1, 0.15) is 0 Å². The predicted octanol–water partition coefficient (Wildman–Crippen LogP) is 2.90. The summed E-state index contributed by atoms with van der Waals surface area (Å²) < 4.78 is 0. The summed E-state index contributed by atoms with van der Waals surface area (Å²) in [5.74, 6) is -0.111. The number of nitrogens with zero attached hydrogens (tertiary/aromatic N) is 2. The summed E-state index contributed by atoms with van der Waals surface area (Å²) in [6, 6.07) is 16.0. The van der Waals surface area contributed by atoms with Gasteiger partial charge >= 0.3 is 0 Å². The van der Waals surface area contributed by atoms with Crippen molar-refractivity contribution in [2.45, 2.75) is 19.1 Å². The van der Waals surface area contributed by atoms with E-state index in [9.17, 15) is 15.2 Å². The van der Waals surface area contributed by atoms with E-state index in [2.05, 4.69) is 5.16 Å². The molecule has 23 heavy (non-hydrogen) atoms. The zero-order chi connectivity index (χ0) is 16.2. The normalized spacial score (nSPS) is 20.5. The van der Waals surface area contributed by atoms with Crippen LogP contribution in [0, 0.1) is 16.0 Å². The Bertz CT molecular complexity index is 713. The lowest BCUT2D eigenvalue weighted by Crippen LogP contribution is -2.31. The van der Waals surface area contributed by atoms with E-state index in [1.54, 1.807) is 12.1 Å². The van der Waals surface area contributed by atoms with Crippen molar-refractivity contribution in [1.29, 1.82) is 0 Å². The molecule has 2 aromatic carbocycles. The maximum Gasteiger partial charge on any atom is 0.269 e. The van der Waals surface area contributed by atoms with Gasteiger partial charge < -0.3 is 9.94 Å². The molecule has 0 aliphatic carbocycles. The molecule has 1 aliphatic rings. The van der Waals surface area contributed by atoms with Gasteiger partial charge in [0.2, 0.25) is 6.29 Å². The molecule has 6 nitrogen and oxygen atoms in total. The Kier molecular flexibility index (Phi) is 4.34. The fraction of sp³-hybridized carbons (Fsp3) is 0.235. The van der Waals surface area contributed by atoms with Crippen LogP contribution in [-0.4, -0.2) is 22.0 Å². The highest BCUT2D eigenvalue weighted by Crippen LogP contribution is 2.25. The number of non-ortho nitro benzene ring substituents is 1. The van der Waals surface area contributed by atoms with Gasteiger partial charge in [-0.2, -0.15) is 0 Å². The van der Waals surface area contributed by atoms with Crippen molar-refractivity contribution in [3.05, 3.63) is 75.8 Å². The third-order valence-corrected chi connectivity index (χ3v) is 3.88. The van der Waals surface area contributed by atoms with E-state index in [0.29, 0.717) is 18.6 Å². The quantitative estimate of drug-likeness (QED) is 0.695. The number of hydrogen-bond acceptors (Lipinski definition) is 5. The highest BCUT2D eigenvalue weighted by atomic mass is 16.7. The molecule has 1 aliphatic heterocycles. The average molecular weight is 312 g/mol. The van der Waals surface area contributed by atoms with Gasteiger partial charge in [0.15, 0.2) is 0 Å². The number of benzene rings is 2. The molecule has 2 atom stereocenters. The van der Waals surface area contributed by atoms with Crippen LogP contribution >= 0.6 is 0 Å². The number of rotatable bonds is 4. The van der Waals surface area contributed by atoms with Crippen LogP contribution in [0.4, 0.5) is 5.69 Å². The van der Waals surface area contributed by atoms with Crippen LogP contribution in [-0.2, 0) is 11.3 Å². The molecule has 6 heteroatoms. The Labute approximate surface area is 133 Å². The van der Waals surface area contributed by atoms with Crippen molar-refractivity contribution in [2.75, 3.05) is 0 Å². The van der Waals surface area contributed by atoms with Crippen LogP contribution in [0.15, 0.2) is 59.8 Å². The molecule has 0 spiro atoms. The van der Waals surface area contributed by atoms with Gasteiger partial charge in [0, 0.05) is 24.5 Å². The van der Waals surface area contributed by atoms with E-state index >= 15 is 0 Å². The van der Waals surface area contributed by atoms with E-state index in [-0.39, 0.29) is 11.6 Å². The lowest BCUT2D eigenvalue weighted by atomic mass is 9.90. The number of oxime groups is 1. The number of aliphatic hydroxyl groups is 1. The third kappa shape index (κ3) is 3.54. The smallest absolute Gasteiger partial charge is 0.269 e. The minimum absolute atomic E-state index is 0.0342. The maximum atomic E-state index is 10.7. The van der Waals surface area contributed by atoms with Crippen molar-refractivity contribution in [3.63, 3.8) is 0 Å². The summed E-state index contributed by atoms with van der Waals surface area (Å²) in [4.78, 5) is 15.4. The minimum Gasteiger partial charge on any atom is -0.363 e. The summed E-state index contributed by atoms with van der Waals surface area (Å²) >= 11 is 0. The molecule has 1 heterocycles. The molecule has 118 valence electrons. The number of hydrogen-bond donors (Lipinski definition) is 1. The van der Waals surface area contributed by atoms with E-state index < -0.39 is 11.2 Å². The fourth-order valence-corrected chi connectivity index (χ4v) is 2.63. The molecule has 2 aromatic rings. The number of aliphatic hydroxyl groups excluding tert-OH is 1. The fourth-order valence-electron chi connectivity index (χ4n) is 2.63. The molecular weight excluding hydrogens is 296 g/mol. The van der Waals surface area contributed by atoms with Crippen molar-refractivity contribution >= 4 is 11.4 Å². The van der Waals surface area contributed by atoms with Crippen LogP contribution in [0.2, 0.25) is 0 Å². The second kappa shape index (κ2) is 6.58. The number of nitro benzene ring substituents is 1. The van der Waals surface area contributed by atoms with E-state index in [1.807, 2.05) is 30.3 Å². The van der Waals surface area contributed by atoms with Crippen molar-refractivity contribution in [2.24, 2.45) is 11.1 Å². The molecule has 2 unspecified atom stereocenters. The van der Waals surface area contributed by atoms with Crippen molar-refractivity contribution < 1.29 is 14.9 Å². The molecule has 0 aromatic heterocycles. The lowest BCUT2D eigenvalue weighted by molar-refractivity contribution is -0.384. The van der Waals surface area contributed by atoms with Crippen LogP contribution in [0.3, 0.4) is 0 Å². The van der Waals surface area contributed by atoms with Crippen molar-refractivity contribution in [3.8, 4) is 0 Å². The van der Waals surface area contributed by atoms with Gasteiger partial charge in [-0.25, -0.2) is 0 Å². The first-order valence-electron chi connectivity index (χ1n) is 7.33. The van der Waals surface area contributed by atoms with Crippen molar-refractivity contribution in [1.82, 2.24) is 0 Å². The zero-order valence-electron chi connectivity index (χ0n) is 12.3. The predicted molar refractivity (Wildman–Crippen MR) is 85.0 cm³/mol. The Morgan fingerprint density at radius 1 is 1.17 bits per heavy atom. The maximum absolute atomic E-state index is 10.7. The molecule has 3 rings (SSSR count). The molecule has 0 saturated heterocycles. The summed E-state index contributed by atoms with van der Waals surface area (Å²) in [5, 5.41) is 24.6. The topological polar surface area (TPSA) is 85.0 Å². The molecule has 0 amide bonds. The van der Waals surface area contributed by atoms with Gasteiger partial charge in [-0.3, -0.25) is 10.1 Å². The lowest BCUT2D eigenvalue weighted by Gasteiger charge is -2.26. The van der Waals surface area contributed by atoms with Crippen LogP contribution < -0.4 is 0 Å². The molecule has 0 radical (unpaired) electrons. The highest BCUT2D eigenvalue weighted by Gasteiger charge is 2.28. The van der Waals surface area contributed by atoms with Gasteiger partial charge in [0.25, 0.3) is 5.69 Å². The monoisotopic (exact) mass is 312 g/mol. The second-order valence-electron chi connectivity index (χ2n) is 5.49. The van der Waals surface area contributed by atoms with E-state index in [0.717, 1.165) is 11.1 Å². The molecule has 0 bridgehead atoms. The zero-order valence-corrected chi connectivity index (χ0v) is 12.3. The van der Waals surface area contributed by atoms with E-state index in [1.165, 1.54) is 12.1 Å². The van der Waals surface area contributed by atoms with Crippen LogP contribution in [0.25, 0.3) is 0 Å². The highest BCUT2D eigenvalue weighted by molar-refractivity contribution is 6.00. The van der Waals surface area contributed by atoms with Gasteiger partial charge in [-0.15, -0.1) is 0 Å². The first-order valence-corrected chi connectivity index (χ1v) is 7.33. The Morgan fingerprint density at radius 2 is 1.87 bits per heavy atom. The largest absolute Gasteiger partial charge is 0.363 e. The van der Waals surface area contributed by atoms with Gasteiger partial charge in [-0.1, -0.05) is 35.5 Å². The summed E-state index contributed by atoms with van der Waals surface area (Å²) in [7, 11) is 0. The molecule has 0 saturated carbocycles. The SMILES string of the molecule is O=[N+]([O-])c1ccc(C2=NOC(O)C(Cc3ccccc3)C2)cc1. The second-order valence-corrected chi connectivity index (χ2v) is 5.49. The van der Waals surface area contributed by atoms with Crippen LogP contribution in [0.1, 0.15) is 17.5 Å². The van der Waals surface area contributed by atoms with E-state index in [4.69, 9.17) is 4.84 Å². The molecule has 1 N–H and O–H groups in total. The standard InChI is InChI=1S/C17H16N2O4/c20-17-14(10-12-4-2-1-3-5-12)11-16(18-23-17)13-6-8-15(9-7-13)19(21)22/h1-9,14,17,20H,10-11H2. The number of nitro groups is 1. The Morgan fingerprint density at radius 3 is 2.52 bits per heavy atom. The summed E-state index contributed by atoms with van der Waals surface area (Å²) in [6.07, 6.45) is 0.277. The first-order chi connectivity index (χ1) is 11.1. The van der Waals surface area contributed by atoms with Gasteiger partial charge in [-0.05, 0) is 29.7 Å². The van der Waals surface area contributed by atoms with Crippen LogP contribution in [0.5, 0.6) is 0 Å². The summed E-state index contributed by atoms with van der Waals surface area (Å²) in [5.41, 5.74) is 2.60. The average Bonchev–Trinajstić information content (AvgIpc) is 2.58. The third-order valence-electron chi connectivity index (χ3n) is 3.88. The minimum atomic E-state index is -0.947. The molecule has 0 fully saturated rings. The Hall–Kier alpha value is -2.73. The Balaban J connectivity index is 1.75. The first kappa shape index (κ1) is 15.2. The molecular formula is C17H16N2O4. The van der Waals surface area contributed by atoms with Gasteiger partial charge in [0.05, 0.1) is 10.6 Å². The summed E-state index contributed by atoms with van der Waals surface area (Å²) in [6.45, 7) is 0.